The Bertz CT molecular complexity index is 59.2. The van der Waals surface area contributed by atoms with Crippen LogP contribution in [0, 0.1) is 0 Å². The van der Waals surface area contributed by atoms with Crippen molar-refractivity contribution in [1.82, 2.24) is 9.62 Å². The van der Waals surface area contributed by atoms with Crippen molar-refractivity contribution in [3.05, 3.63) is 0 Å². The smallest absolute Gasteiger partial charge is 0.119 e. The zero-order valence-electron chi connectivity index (χ0n) is 4.22. The third-order valence-electron chi connectivity index (χ3n) is 0.809. The molecule has 0 amide bonds. The average molecular weight is 119 g/mol. The fourth-order valence-electron chi connectivity index (χ4n) is 0.487. The summed E-state index contributed by atoms with van der Waals surface area (Å²) in [5.41, 5.74) is 5.55. The highest BCUT2D eigenvalue weighted by Gasteiger charge is 2.13. The maximum Gasteiger partial charge on any atom is 0.119 e. The van der Waals surface area contributed by atoms with Crippen LogP contribution in [0.25, 0.3) is 0 Å². The van der Waals surface area contributed by atoms with Gasteiger partial charge in [0.1, 0.15) is 5.50 Å². The molecule has 4 heteroatoms. The van der Waals surface area contributed by atoms with Gasteiger partial charge in [-0.1, -0.05) is 0 Å². The van der Waals surface area contributed by atoms with E-state index in [4.69, 9.17) is 5.73 Å². The van der Waals surface area contributed by atoms with Crippen LogP contribution in [0.4, 0.5) is 0 Å². The molecule has 0 bridgehead atoms. The Morgan fingerprint density at radius 1 is 2.00 bits per heavy atom. The third kappa shape index (κ3) is 1.31. The van der Waals surface area contributed by atoms with Gasteiger partial charge in [0.05, 0.1) is 6.67 Å². The van der Waals surface area contributed by atoms with E-state index in [1.807, 2.05) is 7.05 Å². The van der Waals surface area contributed by atoms with Crippen molar-refractivity contribution in [2.75, 3.05) is 13.7 Å². The molecule has 0 spiro atoms. The van der Waals surface area contributed by atoms with Gasteiger partial charge in [0.25, 0.3) is 0 Å². The van der Waals surface area contributed by atoms with Crippen molar-refractivity contribution in [2.24, 2.45) is 5.73 Å². The Labute approximate surface area is 47.4 Å². The first-order valence-electron chi connectivity index (χ1n) is 2.16. The first-order valence-corrected chi connectivity index (χ1v) is 2.99. The minimum absolute atomic E-state index is 0.116. The lowest BCUT2D eigenvalue weighted by molar-refractivity contribution is 0.536. The molecular weight excluding hydrogens is 110 g/mol. The second-order valence-electron chi connectivity index (χ2n) is 1.52. The molecule has 3 nitrogen and oxygen atoms in total. The van der Waals surface area contributed by atoms with Gasteiger partial charge < -0.3 is 5.73 Å². The van der Waals surface area contributed by atoms with Gasteiger partial charge in [-0.3, -0.25) is 5.32 Å². The van der Waals surface area contributed by atoms with E-state index in [0.29, 0.717) is 0 Å². The van der Waals surface area contributed by atoms with Crippen molar-refractivity contribution >= 4 is 11.9 Å². The summed E-state index contributed by atoms with van der Waals surface area (Å²) >= 11 is 1.62. The fraction of sp³-hybridized carbons (Fsp3) is 1.00. The summed E-state index contributed by atoms with van der Waals surface area (Å²) in [5, 5.41) is 3.04. The highest BCUT2D eigenvalue weighted by Crippen LogP contribution is 2.12. The standard InChI is InChI=1S/C3H9N3S/c1-6-2-5-3(4)7-6/h3,5H,2,4H2,1H3. The molecule has 1 fully saturated rings. The van der Waals surface area contributed by atoms with Crippen LogP contribution >= 0.6 is 11.9 Å². The number of nitrogens with zero attached hydrogens (tertiary/aromatic N) is 1. The molecule has 0 saturated carbocycles. The van der Waals surface area contributed by atoms with Crippen molar-refractivity contribution in [3.8, 4) is 0 Å². The molecule has 0 aromatic carbocycles. The van der Waals surface area contributed by atoms with Crippen LogP contribution < -0.4 is 11.1 Å². The largest absolute Gasteiger partial charge is 0.306 e. The van der Waals surface area contributed by atoms with Gasteiger partial charge in [-0.2, -0.15) is 0 Å². The molecule has 3 N–H and O–H groups in total. The van der Waals surface area contributed by atoms with Gasteiger partial charge in [0, 0.05) is 0 Å². The second kappa shape index (κ2) is 2.00. The molecule has 0 aliphatic carbocycles. The summed E-state index contributed by atoms with van der Waals surface area (Å²) in [6.45, 7) is 0.895. The van der Waals surface area contributed by atoms with E-state index >= 15 is 0 Å². The van der Waals surface area contributed by atoms with E-state index in [2.05, 4.69) is 9.62 Å². The van der Waals surface area contributed by atoms with E-state index < -0.39 is 0 Å². The Kier molecular flexibility index (Phi) is 1.53. The van der Waals surface area contributed by atoms with Gasteiger partial charge in [0.2, 0.25) is 0 Å². The van der Waals surface area contributed by atoms with Crippen molar-refractivity contribution < 1.29 is 0 Å². The molecule has 0 aromatic rings. The van der Waals surface area contributed by atoms with E-state index in [1.165, 1.54) is 0 Å². The number of hydrogen-bond acceptors (Lipinski definition) is 4. The summed E-state index contributed by atoms with van der Waals surface area (Å²) in [6, 6.07) is 0. The zero-order valence-corrected chi connectivity index (χ0v) is 5.03. The molecule has 1 aliphatic rings. The molecule has 1 unspecified atom stereocenters. The highest BCUT2D eigenvalue weighted by molar-refractivity contribution is 7.97. The van der Waals surface area contributed by atoms with Gasteiger partial charge in [-0.15, -0.1) is 0 Å². The number of nitrogens with two attached hydrogens (primary N) is 1. The van der Waals surface area contributed by atoms with Crippen LogP contribution in [-0.4, -0.2) is 23.5 Å². The molecule has 7 heavy (non-hydrogen) atoms. The molecule has 0 aromatic heterocycles. The predicted molar refractivity (Wildman–Crippen MR) is 31.3 cm³/mol. The van der Waals surface area contributed by atoms with Crippen molar-refractivity contribution in [1.29, 1.82) is 0 Å². The molecule has 42 valence electrons. The van der Waals surface area contributed by atoms with E-state index in [-0.39, 0.29) is 5.50 Å². The predicted octanol–water partition coefficient (Wildman–Crippen LogP) is -0.631. The summed E-state index contributed by atoms with van der Waals surface area (Å²) in [5.74, 6) is 0. The average Bonchev–Trinajstić information content (AvgIpc) is 1.87. The van der Waals surface area contributed by atoms with Crippen molar-refractivity contribution in [2.45, 2.75) is 5.50 Å². The normalized spacial score (nSPS) is 34.3. The number of hydrogen-bond donors (Lipinski definition) is 2. The SMILES string of the molecule is CN1CNC(N)S1. The van der Waals surface area contributed by atoms with Crippen LogP contribution in [-0.2, 0) is 0 Å². The zero-order chi connectivity index (χ0) is 5.28. The van der Waals surface area contributed by atoms with Gasteiger partial charge in [-0.05, 0) is 19.0 Å². The topological polar surface area (TPSA) is 41.3 Å². The van der Waals surface area contributed by atoms with E-state index in [9.17, 15) is 0 Å². The lowest BCUT2D eigenvalue weighted by atomic mass is 10.9. The van der Waals surface area contributed by atoms with Crippen LogP contribution in [0.15, 0.2) is 0 Å². The molecule has 1 heterocycles. The minimum Gasteiger partial charge on any atom is -0.306 e. The van der Waals surface area contributed by atoms with Gasteiger partial charge in [0.15, 0.2) is 0 Å². The first-order chi connectivity index (χ1) is 3.29. The highest BCUT2D eigenvalue weighted by atomic mass is 32.2. The molecular formula is C3H9N3S. The summed E-state index contributed by atoms with van der Waals surface area (Å²) in [7, 11) is 2.00. The molecule has 0 radical (unpaired) electrons. The Hall–Kier alpha value is 0.230. The summed E-state index contributed by atoms with van der Waals surface area (Å²) in [6.07, 6.45) is 0. The van der Waals surface area contributed by atoms with E-state index in [1.54, 1.807) is 11.9 Å². The third-order valence-corrected chi connectivity index (χ3v) is 1.69. The van der Waals surface area contributed by atoms with Crippen LogP contribution in [0.2, 0.25) is 0 Å². The Morgan fingerprint density at radius 2 is 2.71 bits per heavy atom. The van der Waals surface area contributed by atoms with Crippen LogP contribution in [0.5, 0.6) is 0 Å². The second-order valence-corrected chi connectivity index (χ2v) is 2.86. The molecule has 1 rings (SSSR count). The van der Waals surface area contributed by atoms with Gasteiger partial charge in [-0.25, -0.2) is 4.31 Å². The minimum atomic E-state index is 0.116. The number of nitrogens with one attached hydrogen (secondary N) is 1. The molecule has 1 aliphatic heterocycles. The lowest BCUT2D eigenvalue weighted by Crippen LogP contribution is -2.28. The molecule has 1 atom stereocenters. The Balaban J connectivity index is 2.26. The maximum absolute atomic E-state index is 5.44. The maximum atomic E-state index is 5.44. The quantitative estimate of drug-likeness (QED) is 0.417. The fourth-order valence-corrected chi connectivity index (χ4v) is 1.17. The first kappa shape index (κ1) is 5.37. The summed E-state index contributed by atoms with van der Waals surface area (Å²) < 4.78 is 2.06. The van der Waals surface area contributed by atoms with E-state index in [0.717, 1.165) is 6.67 Å². The van der Waals surface area contributed by atoms with Crippen LogP contribution in [0.1, 0.15) is 0 Å². The van der Waals surface area contributed by atoms with Crippen molar-refractivity contribution in [3.63, 3.8) is 0 Å². The molecule has 1 saturated heterocycles. The number of rotatable bonds is 0. The summed E-state index contributed by atoms with van der Waals surface area (Å²) in [4.78, 5) is 0. The van der Waals surface area contributed by atoms with Crippen LogP contribution in [0.3, 0.4) is 0 Å². The lowest BCUT2D eigenvalue weighted by Gasteiger charge is -2.00. The Morgan fingerprint density at radius 3 is 2.86 bits per heavy atom. The monoisotopic (exact) mass is 119 g/mol. The van der Waals surface area contributed by atoms with Gasteiger partial charge >= 0.3 is 0 Å².